The lowest BCUT2D eigenvalue weighted by Gasteiger charge is -2.09. The molecule has 0 heterocycles. The Labute approximate surface area is 142 Å². The van der Waals surface area contributed by atoms with Crippen molar-refractivity contribution in [2.45, 2.75) is 76.4 Å². The minimum atomic E-state index is -2.29. The summed E-state index contributed by atoms with van der Waals surface area (Å²) in [4.78, 5) is 11.6. The van der Waals surface area contributed by atoms with Crippen molar-refractivity contribution in [3.63, 3.8) is 0 Å². The number of nitrogens with one attached hydrogen (secondary N) is 1. The third-order valence-electron chi connectivity index (χ3n) is 3.84. The lowest BCUT2D eigenvalue weighted by atomic mass is 10.1. The predicted molar refractivity (Wildman–Crippen MR) is 93.4 cm³/mol. The van der Waals surface area contributed by atoms with Crippen LogP contribution in [-0.2, 0) is 15.5 Å². The number of hydrogen-bond acceptors (Lipinski definition) is 5. The Balaban J connectivity index is 3.46. The van der Waals surface area contributed by atoms with Gasteiger partial charge in [-0.15, -0.1) is 0 Å². The van der Waals surface area contributed by atoms with Crippen molar-refractivity contribution in [1.82, 2.24) is 10.4 Å². The van der Waals surface area contributed by atoms with Gasteiger partial charge in [0, 0.05) is 26.6 Å². The summed E-state index contributed by atoms with van der Waals surface area (Å²) in [6.07, 6.45) is 8.66. The quantitative estimate of drug-likeness (QED) is 0.240. The van der Waals surface area contributed by atoms with E-state index in [2.05, 4.69) is 5.32 Å². The van der Waals surface area contributed by atoms with Crippen molar-refractivity contribution >= 4 is 16.6 Å². The molecule has 0 aromatic carbocycles. The standard InChI is InChI=1S/C16H34N2O4S/c1-3-10-15(23(21)22)11-7-5-4-6-8-12-16(19)17-13-9-14-18(2)20/h15,20,23H,3-14H2,1-2H3,(H,17,19). The summed E-state index contributed by atoms with van der Waals surface area (Å²) in [6, 6.07) is 0. The lowest BCUT2D eigenvalue weighted by molar-refractivity contribution is -0.121. The van der Waals surface area contributed by atoms with Crippen molar-refractivity contribution in [3.8, 4) is 0 Å². The number of rotatable bonds is 15. The molecule has 6 nitrogen and oxygen atoms in total. The molecular formula is C16H34N2O4S. The number of thiol groups is 1. The average molecular weight is 351 g/mol. The zero-order valence-electron chi connectivity index (χ0n) is 14.6. The number of hydroxylamine groups is 2. The molecule has 1 amide bonds. The average Bonchev–Trinajstić information content (AvgIpc) is 2.49. The number of hydrogen-bond donors (Lipinski definition) is 3. The number of nitrogens with zero attached hydrogens (tertiary/aromatic N) is 1. The molecule has 0 aliphatic heterocycles. The summed E-state index contributed by atoms with van der Waals surface area (Å²) < 4.78 is 22.1. The topological polar surface area (TPSA) is 86.7 Å². The van der Waals surface area contributed by atoms with E-state index in [1.165, 1.54) is 0 Å². The van der Waals surface area contributed by atoms with Gasteiger partial charge in [-0.2, -0.15) is 5.06 Å². The van der Waals surface area contributed by atoms with E-state index in [0.29, 0.717) is 19.5 Å². The molecule has 0 spiro atoms. The fraction of sp³-hybridized carbons (Fsp3) is 0.938. The van der Waals surface area contributed by atoms with E-state index < -0.39 is 10.7 Å². The van der Waals surface area contributed by atoms with Gasteiger partial charge in [-0.1, -0.05) is 39.0 Å². The van der Waals surface area contributed by atoms with E-state index >= 15 is 0 Å². The van der Waals surface area contributed by atoms with Crippen LogP contribution < -0.4 is 5.32 Å². The van der Waals surface area contributed by atoms with Crippen molar-refractivity contribution < 1.29 is 18.4 Å². The predicted octanol–water partition coefficient (Wildman–Crippen LogP) is 2.32. The van der Waals surface area contributed by atoms with Crippen LogP contribution in [0, 0.1) is 0 Å². The Morgan fingerprint density at radius 2 is 1.74 bits per heavy atom. The number of carbonyl (C=O) groups is 1. The van der Waals surface area contributed by atoms with Crippen molar-refractivity contribution in [2.75, 3.05) is 20.1 Å². The zero-order chi connectivity index (χ0) is 17.5. The SMILES string of the molecule is CCCC(CCCCCCCC(=O)NCCCN(C)O)[SH](=O)=O. The molecule has 0 aliphatic rings. The molecule has 0 saturated carbocycles. The Kier molecular flexibility index (Phi) is 14.5. The van der Waals surface area contributed by atoms with Gasteiger partial charge in [0.15, 0.2) is 0 Å². The zero-order valence-corrected chi connectivity index (χ0v) is 15.5. The fourth-order valence-electron chi connectivity index (χ4n) is 2.51. The Morgan fingerprint density at radius 3 is 2.35 bits per heavy atom. The first-order valence-electron chi connectivity index (χ1n) is 8.77. The van der Waals surface area contributed by atoms with Crippen LogP contribution in [0.25, 0.3) is 0 Å². The van der Waals surface area contributed by atoms with Crippen LogP contribution in [0.5, 0.6) is 0 Å². The van der Waals surface area contributed by atoms with Gasteiger partial charge in [-0.3, -0.25) is 4.79 Å². The summed E-state index contributed by atoms with van der Waals surface area (Å²) in [5.74, 6) is 0.0666. The number of unbranched alkanes of at least 4 members (excludes halogenated alkanes) is 4. The fourth-order valence-corrected chi connectivity index (χ4v) is 3.37. The van der Waals surface area contributed by atoms with Crippen LogP contribution in [0.3, 0.4) is 0 Å². The van der Waals surface area contributed by atoms with Crippen molar-refractivity contribution in [3.05, 3.63) is 0 Å². The van der Waals surface area contributed by atoms with E-state index in [1.807, 2.05) is 6.92 Å². The molecule has 23 heavy (non-hydrogen) atoms. The van der Waals surface area contributed by atoms with Gasteiger partial charge in [-0.25, -0.2) is 8.42 Å². The first kappa shape index (κ1) is 22.3. The van der Waals surface area contributed by atoms with Crippen molar-refractivity contribution in [1.29, 1.82) is 0 Å². The Bertz CT molecular complexity index is 365. The maximum atomic E-state index is 11.6. The van der Waals surface area contributed by atoms with Gasteiger partial charge in [0.2, 0.25) is 5.91 Å². The maximum Gasteiger partial charge on any atom is 0.219 e. The molecule has 0 aromatic rings. The van der Waals surface area contributed by atoms with E-state index in [0.717, 1.165) is 62.9 Å². The van der Waals surface area contributed by atoms with Crippen LogP contribution in [0.1, 0.15) is 71.1 Å². The summed E-state index contributed by atoms with van der Waals surface area (Å²) >= 11 is 0. The highest BCUT2D eigenvalue weighted by atomic mass is 32.2. The molecule has 0 radical (unpaired) electrons. The minimum absolute atomic E-state index is 0.0666. The second kappa shape index (κ2) is 14.9. The largest absolute Gasteiger partial charge is 0.356 e. The van der Waals surface area contributed by atoms with E-state index in [4.69, 9.17) is 5.21 Å². The monoisotopic (exact) mass is 350 g/mol. The second-order valence-corrected chi connectivity index (χ2v) is 7.42. The van der Waals surface area contributed by atoms with Crippen LogP contribution in [0.2, 0.25) is 0 Å². The molecule has 0 bridgehead atoms. The number of carbonyl (C=O) groups excluding carboxylic acids is 1. The molecule has 138 valence electrons. The summed E-state index contributed by atoms with van der Waals surface area (Å²) in [5, 5.41) is 12.7. The Morgan fingerprint density at radius 1 is 1.09 bits per heavy atom. The summed E-state index contributed by atoms with van der Waals surface area (Å²) in [6.45, 7) is 3.16. The van der Waals surface area contributed by atoms with Gasteiger partial charge >= 0.3 is 0 Å². The highest BCUT2D eigenvalue weighted by molar-refractivity contribution is 7.73. The van der Waals surface area contributed by atoms with Crippen molar-refractivity contribution in [2.24, 2.45) is 0 Å². The lowest BCUT2D eigenvalue weighted by Crippen LogP contribution is -2.26. The van der Waals surface area contributed by atoms with E-state index in [-0.39, 0.29) is 11.2 Å². The van der Waals surface area contributed by atoms with Gasteiger partial charge in [0.05, 0.1) is 5.25 Å². The molecule has 0 aromatic heterocycles. The maximum absolute atomic E-state index is 11.6. The van der Waals surface area contributed by atoms with Gasteiger partial charge in [0.25, 0.3) is 0 Å². The third-order valence-corrected chi connectivity index (χ3v) is 4.95. The van der Waals surface area contributed by atoms with Crippen LogP contribution in [0.4, 0.5) is 0 Å². The molecule has 0 fully saturated rings. The van der Waals surface area contributed by atoms with E-state index in [9.17, 15) is 13.2 Å². The molecule has 1 unspecified atom stereocenters. The molecule has 0 aliphatic carbocycles. The molecule has 2 N–H and O–H groups in total. The Hall–Kier alpha value is -0.660. The first-order chi connectivity index (χ1) is 11.0. The second-order valence-electron chi connectivity index (χ2n) is 6.12. The third kappa shape index (κ3) is 14.7. The van der Waals surface area contributed by atoms with E-state index in [1.54, 1.807) is 7.05 Å². The highest BCUT2D eigenvalue weighted by Gasteiger charge is 2.09. The van der Waals surface area contributed by atoms with Crippen LogP contribution in [-0.4, -0.2) is 50.0 Å². The summed E-state index contributed by atoms with van der Waals surface area (Å²) in [7, 11) is -0.705. The van der Waals surface area contributed by atoms with Crippen LogP contribution >= 0.6 is 0 Å². The first-order valence-corrected chi connectivity index (χ1v) is 10.0. The smallest absolute Gasteiger partial charge is 0.219 e. The molecule has 0 rings (SSSR count). The highest BCUT2D eigenvalue weighted by Crippen LogP contribution is 2.13. The summed E-state index contributed by atoms with van der Waals surface area (Å²) in [5.41, 5.74) is 0. The van der Waals surface area contributed by atoms with Crippen LogP contribution in [0.15, 0.2) is 0 Å². The molecular weight excluding hydrogens is 316 g/mol. The molecule has 7 heteroatoms. The number of amides is 1. The van der Waals surface area contributed by atoms with Gasteiger partial charge in [0.1, 0.15) is 10.7 Å². The molecule has 1 atom stereocenters. The minimum Gasteiger partial charge on any atom is -0.356 e. The normalized spacial score (nSPS) is 12.7. The van der Waals surface area contributed by atoms with Gasteiger partial charge < -0.3 is 10.5 Å². The molecule has 0 saturated heterocycles. The van der Waals surface area contributed by atoms with Gasteiger partial charge in [-0.05, 0) is 25.7 Å².